The predicted octanol–water partition coefficient (Wildman–Crippen LogP) is 2.35. The van der Waals surface area contributed by atoms with Gasteiger partial charge in [-0.2, -0.15) is 0 Å². The van der Waals surface area contributed by atoms with Gasteiger partial charge in [0.25, 0.3) is 0 Å². The Kier molecular flexibility index (Phi) is 3.20. The third-order valence-electron chi connectivity index (χ3n) is 2.44. The fourth-order valence-electron chi connectivity index (χ4n) is 1.75. The lowest BCUT2D eigenvalue weighted by Crippen LogP contribution is -2.22. The first-order valence-corrected chi connectivity index (χ1v) is 4.85. The van der Waals surface area contributed by atoms with E-state index in [1.165, 1.54) is 11.5 Å². The van der Waals surface area contributed by atoms with Crippen LogP contribution in [0.25, 0.3) is 0 Å². The molecule has 0 unspecified atom stereocenters. The zero-order valence-corrected chi connectivity index (χ0v) is 8.27. The molecule has 1 nitrogen and oxygen atoms in total. The van der Waals surface area contributed by atoms with Crippen LogP contribution in [0.4, 0.5) is 0 Å². The van der Waals surface area contributed by atoms with E-state index in [1.807, 2.05) is 13.1 Å². The van der Waals surface area contributed by atoms with Crippen molar-refractivity contribution in [2.24, 2.45) is 0 Å². The van der Waals surface area contributed by atoms with Crippen LogP contribution in [0, 0.1) is 31.6 Å². The van der Waals surface area contributed by atoms with Gasteiger partial charge in [0, 0.05) is 12.0 Å². The van der Waals surface area contributed by atoms with Gasteiger partial charge in [0.2, 0.25) is 0 Å². The molecule has 1 aromatic rings. The second kappa shape index (κ2) is 4.61. The van der Waals surface area contributed by atoms with Gasteiger partial charge in [0.15, 0.2) is 0 Å². The average Bonchev–Trinajstić information content (AvgIpc) is 2.74. The Hall–Kier alpha value is -0.820. The van der Waals surface area contributed by atoms with E-state index in [4.69, 9.17) is 0 Å². The monoisotopic (exact) mass is 184 g/mol. The van der Waals surface area contributed by atoms with Crippen LogP contribution in [-0.4, -0.2) is 7.05 Å². The summed E-state index contributed by atoms with van der Waals surface area (Å²) in [6, 6.07) is 10.8. The Labute approximate surface area is 86.5 Å². The highest BCUT2D eigenvalue weighted by molar-refractivity contribution is 5.42. The highest BCUT2D eigenvalue weighted by atomic mass is 14.9. The molecule has 5 radical (unpaired) electrons. The van der Waals surface area contributed by atoms with Crippen LogP contribution in [0.2, 0.25) is 0 Å². The minimum absolute atomic E-state index is 0.311. The van der Waals surface area contributed by atoms with Crippen LogP contribution in [0.1, 0.15) is 11.6 Å². The van der Waals surface area contributed by atoms with Crippen LogP contribution in [0.15, 0.2) is 30.3 Å². The van der Waals surface area contributed by atoms with Gasteiger partial charge in [-0.25, -0.2) is 0 Å². The maximum Gasteiger partial charge on any atom is 0.0386 e. The van der Waals surface area contributed by atoms with Crippen molar-refractivity contribution in [3.05, 3.63) is 67.5 Å². The van der Waals surface area contributed by atoms with Crippen molar-refractivity contribution in [2.45, 2.75) is 6.04 Å². The Morgan fingerprint density at radius 3 is 2.21 bits per heavy atom. The van der Waals surface area contributed by atoms with Crippen LogP contribution >= 0.6 is 0 Å². The highest BCUT2D eigenvalue weighted by Gasteiger charge is 2.25. The van der Waals surface area contributed by atoms with Crippen molar-refractivity contribution < 1.29 is 0 Å². The number of benzene rings is 1. The van der Waals surface area contributed by atoms with Crippen LogP contribution in [-0.2, 0) is 0 Å². The average molecular weight is 184 g/mol. The summed E-state index contributed by atoms with van der Waals surface area (Å²) in [6.45, 7) is 0. The molecule has 0 spiro atoms. The smallest absolute Gasteiger partial charge is 0.0386 e. The molecule has 1 aliphatic rings. The molecule has 14 heavy (non-hydrogen) atoms. The van der Waals surface area contributed by atoms with Crippen molar-refractivity contribution in [1.82, 2.24) is 5.32 Å². The van der Waals surface area contributed by atoms with Crippen molar-refractivity contribution in [3.8, 4) is 0 Å². The van der Waals surface area contributed by atoms with E-state index >= 15 is 0 Å². The Morgan fingerprint density at radius 1 is 1.00 bits per heavy atom. The Bertz CT molecular complexity index is 262. The van der Waals surface area contributed by atoms with Gasteiger partial charge < -0.3 is 5.32 Å². The fraction of sp³-hybridized carbons (Fsp3) is 0.154. The number of nitrogens with one attached hydrogen (secondary N) is 1. The molecule has 0 bridgehead atoms. The van der Waals surface area contributed by atoms with E-state index in [0.29, 0.717) is 6.04 Å². The highest BCUT2D eigenvalue weighted by Crippen LogP contribution is 2.34. The van der Waals surface area contributed by atoms with Gasteiger partial charge in [0.05, 0.1) is 0 Å². The lowest BCUT2D eigenvalue weighted by molar-refractivity contribution is 0.638. The molecule has 0 saturated heterocycles. The lowest BCUT2D eigenvalue weighted by atomic mass is 9.92. The van der Waals surface area contributed by atoms with Crippen LogP contribution < -0.4 is 5.32 Å². The maximum absolute atomic E-state index is 3.32. The number of hydrogen-bond acceptors (Lipinski definition) is 1. The molecule has 0 heterocycles. The summed E-state index contributed by atoms with van der Waals surface area (Å²) in [4.78, 5) is 0. The van der Waals surface area contributed by atoms with Crippen LogP contribution in [0.3, 0.4) is 0 Å². The molecule has 71 valence electrons. The quantitative estimate of drug-likeness (QED) is 0.760. The van der Waals surface area contributed by atoms with E-state index in [1.54, 1.807) is 0 Å². The first-order chi connectivity index (χ1) is 6.92. The standard InChI is InChI=1S/C13H14N/c1-14-13(12-9-5-6-10-12)11-7-3-2-4-8-11/h2-10,13-14H,1H3/t13-/m1/s1. The van der Waals surface area contributed by atoms with E-state index < -0.39 is 0 Å². The second-order valence-corrected chi connectivity index (χ2v) is 3.35. The maximum atomic E-state index is 3.32. The molecule has 1 atom stereocenters. The first kappa shape index (κ1) is 9.72. The van der Waals surface area contributed by atoms with E-state index in [-0.39, 0.29) is 0 Å². The molecular formula is C13H14N. The van der Waals surface area contributed by atoms with Crippen molar-refractivity contribution in [3.63, 3.8) is 0 Å². The largest absolute Gasteiger partial charge is 0.312 e. The van der Waals surface area contributed by atoms with E-state index in [9.17, 15) is 0 Å². The molecule has 1 heteroatoms. The summed E-state index contributed by atoms with van der Waals surface area (Å²) >= 11 is 0. The van der Waals surface area contributed by atoms with E-state index in [2.05, 4.69) is 55.3 Å². The molecule has 0 aromatic heterocycles. The fourth-order valence-corrected chi connectivity index (χ4v) is 1.75. The molecule has 0 aliphatic heterocycles. The molecule has 1 N–H and O–H groups in total. The van der Waals surface area contributed by atoms with Gasteiger partial charge in [0.1, 0.15) is 0 Å². The van der Waals surface area contributed by atoms with E-state index in [0.717, 1.165) is 0 Å². The summed E-state index contributed by atoms with van der Waals surface area (Å²) in [5.41, 5.74) is 1.31. The topological polar surface area (TPSA) is 12.0 Å². The summed E-state index contributed by atoms with van der Waals surface area (Å²) in [5.74, 6) is 1.32. The molecule has 1 aromatic carbocycles. The Balaban J connectivity index is 2.12. The zero-order valence-electron chi connectivity index (χ0n) is 8.27. The second-order valence-electron chi connectivity index (χ2n) is 3.35. The summed E-state index contributed by atoms with van der Waals surface area (Å²) < 4.78 is 0. The zero-order chi connectivity index (χ0) is 9.80. The molecule has 2 rings (SSSR count). The molecule has 1 saturated carbocycles. The van der Waals surface area contributed by atoms with Crippen LogP contribution in [0.5, 0.6) is 0 Å². The molecule has 1 fully saturated rings. The summed E-state index contributed by atoms with van der Waals surface area (Å²) in [5, 5.41) is 3.32. The van der Waals surface area contributed by atoms with Gasteiger partial charge in [-0.3, -0.25) is 0 Å². The van der Waals surface area contributed by atoms with Gasteiger partial charge in [-0.15, -0.1) is 0 Å². The third kappa shape index (κ3) is 1.98. The SMILES string of the molecule is CN[C@@H]([C]1[CH][CH][CH][CH]1)c1ccccc1. The Morgan fingerprint density at radius 2 is 1.64 bits per heavy atom. The summed E-state index contributed by atoms with van der Waals surface area (Å²) in [7, 11) is 1.99. The van der Waals surface area contributed by atoms with Crippen molar-refractivity contribution >= 4 is 0 Å². The molecule has 0 amide bonds. The van der Waals surface area contributed by atoms with Gasteiger partial charge in [-0.05, 0) is 38.3 Å². The third-order valence-corrected chi connectivity index (χ3v) is 2.44. The van der Waals surface area contributed by atoms with Crippen molar-refractivity contribution in [2.75, 3.05) is 7.05 Å². The minimum atomic E-state index is 0.311. The van der Waals surface area contributed by atoms with Crippen molar-refractivity contribution in [1.29, 1.82) is 0 Å². The predicted molar refractivity (Wildman–Crippen MR) is 58.7 cm³/mol. The molecule has 1 aliphatic carbocycles. The number of hydrogen-bond donors (Lipinski definition) is 1. The lowest BCUT2D eigenvalue weighted by Gasteiger charge is -2.22. The summed E-state index contributed by atoms with van der Waals surface area (Å²) in [6.07, 6.45) is 8.44. The minimum Gasteiger partial charge on any atom is -0.312 e. The van der Waals surface area contributed by atoms with Gasteiger partial charge >= 0.3 is 0 Å². The van der Waals surface area contributed by atoms with Gasteiger partial charge in [-0.1, -0.05) is 30.3 Å². The number of rotatable bonds is 3. The normalized spacial score (nSPS) is 19.8. The molecular weight excluding hydrogens is 170 g/mol. The first-order valence-electron chi connectivity index (χ1n) is 4.85.